The fraction of sp³-hybridized carbons (Fsp3) is 0. The van der Waals surface area contributed by atoms with Crippen molar-refractivity contribution >= 4 is 54.3 Å². The Hall–Kier alpha value is -6.44. The molecule has 0 bridgehead atoms. The van der Waals surface area contributed by atoms with Gasteiger partial charge in [-0.3, -0.25) is 0 Å². The van der Waals surface area contributed by atoms with E-state index in [1.807, 2.05) is 0 Å². The van der Waals surface area contributed by atoms with Gasteiger partial charge in [-0.2, -0.15) is 0 Å². The molecule has 1 aliphatic carbocycles. The minimum Gasteiger partial charge on any atom is -0.456 e. The fourth-order valence-corrected chi connectivity index (χ4v) is 8.26. The summed E-state index contributed by atoms with van der Waals surface area (Å²) in [4.78, 5) is 0. The molecule has 1 nitrogen and oxygen atoms in total. The van der Waals surface area contributed by atoms with E-state index in [-0.39, 0.29) is 0 Å². The van der Waals surface area contributed by atoms with Crippen molar-refractivity contribution < 1.29 is 4.42 Å². The van der Waals surface area contributed by atoms with Crippen LogP contribution in [0.2, 0.25) is 0 Å². The maximum absolute atomic E-state index is 6.54. The second-order valence-corrected chi connectivity index (χ2v) is 13.3. The molecule has 10 aromatic rings. The van der Waals surface area contributed by atoms with Gasteiger partial charge in [0.1, 0.15) is 11.2 Å². The highest BCUT2D eigenvalue weighted by atomic mass is 16.3. The highest BCUT2D eigenvalue weighted by molar-refractivity contribution is 6.19. The maximum Gasteiger partial charge on any atom is 0.136 e. The zero-order valence-electron chi connectivity index (χ0n) is 26.6. The Morgan fingerprint density at radius 1 is 0.265 bits per heavy atom. The van der Waals surface area contributed by atoms with E-state index in [1.54, 1.807) is 0 Å². The van der Waals surface area contributed by atoms with Gasteiger partial charge < -0.3 is 4.42 Å². The lowest BCUT2D eigenvalue weighted by molar-refractivity contribution is 0.669. The van der Waals surface area contributed by atoms with Gasteiger partial charge in [0.25, 0.3) is 0 Å². The minimum atomic E-state index is 0.908. The summed E-state index contributed by atoms with van der Waals surface area (Å²) in [5.41, 5.74) is 14.4. The SMILES string of the molecule is c1ccc2c(c1)-c1cccc3c(-c4ccc5ccc(-c6ccc7c(c6)oc6cc(-c8cccc9ccccc89)ccc67)cc5c4)ccc-2c13. The molecule has 11 rings (SSSR count). The van der Waals surface area contributed by atoms with Gasteiger partial charge in [0, 0.05) is 10.8 Å². The minimum absolute atomic E-state index is 0.908. The van der Waals surface area contributed by atoms with Crippen molar-refractivity contribution in [3.05, 3.63) is 170 Å². The van der Waals surface area contributed by atoms with Crippen LogP contribution in [0.1, 0.15) is 0 Å². The Kier molecular flexibility index (Phi) is 5.45. The normalized spacial score (nSPS) is 12.1. The maximum atomic E-state index is 6.54. The van der Waals surface area contributed by atoms with Crippen LogP contribution in [0.4, 0.5) is 0 Å². The average molecular weight is 621 g/mol. The third-order valence-electron chi connectivity index (χ3n) is 10.6. The van der Waals surface area contributed by atoms with Gasteiger partial charge in [0.2, 0.25) is 0 Å². The van der Waals surface area contributed by atoms with E-state index in [9.17, 15) is 0 Å². The molecule has 1 heterocycles. The molecule has 0 N–H and O–H groups in total. The number of hydrogen-bond acceptors (Lipinski definition) is 1. The zero-order valence-corrected chi connectivity index (χ0v) is 26.6. The molecule has 1 heteroatoms. The molecule has 0 aliphatic heterocycles. The zero-order chi connectivity index (χ0) is 32.1. The lowest BCUT2D eigenvalue weighted by atomic mass is 9.92. The van der Waals surface area contributed by atoms with E-state index in [4.69, 9.17) is 4.42 Å². The van der Waals surface area contributed by atoms with Crippen LogP contribution < -0.4 is 0 Å². The highest BCUT2D eigenvalue weighted by Gasteiger charge is 2.22. The first-order valence-electron chi connectivity index (χ1n) is 16.9. The summed E-state index contributed by atoms with van der Waals surface area (Å²) in [7, 11) is 0. The van der Waals surface area contributed by atoms with E-state index in [1.165, 1.54) is 82.4 Å². The van der Waals surface area contributed by atoms with E-state index >= 15 is 0 Å². The smallest absolute Gasteiger partial charge is 0.136 e. The van der Waals surface area contributed by atoms with Crippen LogP contribution >= 0.6 is 0 Å². The third kappa shape index (κ3) is 3.94. The van der Waals surface area contributed by atoms with Crippen molar-refractivity contribution in [2.24, 2.45) is 0 Å². The standard InChI is InChI=1S/C48H28O/c1-2-9-36-30(7-1)8-5-12-37(36)34-20-22-42-41-21-19-32(27-46(41)49-47(42)28-34)31-17-15-29-16-18-33(26-35(29)25-31)38-23-24-45-40-11-4-3-10-39(40)44-14-6-13-43(38)48(44)45/h1-28H. The quantitative estimate of drug-likeness (QED) is 0.192. The first-order chi connectivity index (χ1) is 24.3. The number of benzene rings is 9. The molecule has 1 aromatic heterocycles. The molecular formula is C48H28O. The van der Waals surface area contributed by atoms with Crippen LogP contribution in [-0.4, -0.2) is 0 Å². The van der Waals surface area contributed by atoms with Crippen LogP contribution in [0.25, 0.3) is 110 Å². The van der Waals surface area contributed by atoms with Crippen molar-refractivity contribution in [1.29, 1.82) is 0 Å². The number of fused-ring (bicyclic) bond motifs is 8. The molecule has 0 saturated carbocycles. The average Bonchev–Trinajstić information content (AvgIpc) is 3.70. The van der Waals surface area contributed by atoms with Crippen molar-refractivity contribution in [2.45, 2.75) is 0 Å². The second-order valence-electron chi connectivity index (χ2n) is 13.3. The molecule has 1 aliphatic rings. The van der Waals surface area contributed by atoms with Crippen molar-refractivity contribution in [2.75, 3.05) is 0 Å². The van der Waals surface area contributed by atoms with Gasteiger partial charge in [0.15, 0.2) is 0 Å². The van der Waals surface area contributed by atoms with E-state index in [0.717, 1.165) is 27.5 Å². The monoisotopic (exact) mass is 620 g/mol. The van der Waals surface area contributed by atoms with Crippen LogP contribution in [0, 0.1) is 0 Å². The summed E-state index contributed by atoms with van der Waals surface area (Å²) < 4.78 is 6.54. The predicted molar refractivity (Wildman–Crippen MR) is 207 cm³/mol. The van der Waals surface area contributed by atoms with Gasteiger partial charge in [0.05, 0.1) is 0 Å². The van der Waals surface area contributed by atoms with Gasteiger partial charge in [-0.1, -0.05) is 133 Å². The summed E-state index contributed by atoms with van der Waals surface area (Å²) in [6, 6.07) is 62.0. The lowest BCUT2D eigenvalue weighted by Gasteiger charge is -2.11. The number of hydrogen-bond donors (Lipinski definition) is 0. The predicted octanol–water partition coefficient (Wildman–Crippen LogP) is 13.7. The topological polar surface area (TPSA) is 13.1 Å². The Balaban J connectivity index is 0.993. The van der Waals surface area contributed by atoms with Crippen molar-refractivity contribution in [1.82, 2.24) is 0 Å². The van der Waals surface area contributed by atoms with Crippen LogP contribution in [0.3, 0.4) is 0 Å². The first-order valence-corrected chi connectivity index (χ1v) is 16.9. The third-order valence-corrected chi connectivity index (χ3v) is 10.6. The second kappa shape index (κ2) is 10.0. The van der Waals surface area contributed by atoms with Crippen molar-refractivity contribution in [3.8, 4) is 55.6 Å². The van der Waals surface area contributed by atoms with Crippen LogP contribution in [0.15, 0.2) is 174 Å². The molecule has 49 heavy (non-hydrogen) atoms. The van der Waals surface area contributed by atoms with Crippen LogP contribution in [-0.2, 0) is 0 Å². The summed E-state index contributed by atoms with van der Waals surface area (Å²) >= 11 is 0. The van der Waals surface area contributed by atoms with E-state index in [0.29, 0.717) is 0 Å². The van der Waals surface area contributed by atoms with Gasteiger partial charge in [-0.25, -0.2) is 0 Å². The van der Waals surface area contributed by atoms with Gasteiger partial charge in [-0.05, 0) is 124 Å². The Morgan fingerprint density at radius 2 is 0.776 bits per heavy atom. The van der Waals surface area contributed by atoms with Crippen molar-refractivity contribution in [3.63, 3.8) is 0 Å². The van der Waals surface area contributed by atoms with Crippen LogP contribution in [0.5, 0.6) is 0 Å². The molecule has 0 amide bonds. The fourth-order valence-electron chi connectivity index (χ4n) is 8.26. The molecule has 0 spiro atoms. The highest BCUT2D eigenvalue weighted by Crippen LogP contribution is 2.49. The Bertz CT molecular complexity index is 2960. The first kappa shape index (κ1) is 26.6. The van der Waals surface area contributed by atoms with Gasteiger partial charge >= 0.3 is 0 Å². The molecule has 0 atom stereocenters. The largest absolute Gasteiger partial charge is 0.456 e. The summed E-state index contributed by atoms with van der Waals surface area (Å²) in [5.74, 6) is 0. The summed E-state index contributed by atoms with van der Waals surface area (Å²) in [6.07, 6.45) is 0. The molecule has 0 saturated heterocycles. The summed E-state index contributed by atoms with van der Waals surface area (Å²) in [5, 5.41) is 9.90. The molecule has 0 radical (unpaired) electrons. The Morgan fingerprint density at radius 3 is 1.63 bits per heavy atom. The summed E-state index contributed by atoms with van der Waals surface area (Å²) in [6.45, 7) is 0. The number of rotatable bonds is 3. The molecular weight excluding hydrogens is 593 g/mol. The van der Waals surface area contributed by atoms with Gasteiger partial charge in [-0.15, -0.1) is 0 Å². The number of furan rings is 1. The molecule has 9 aromatic carbocycles. The Labute approximate surface area is 283 Å². The lowest BCUT2D eigenvalue weighted by Crippen LogP contribution is -1.85. The van der Waals surface area contributed by atoms with E-state index in [2.05, 4.69) is 170 Å². The molecule has 0 fully saturated rings. The molecule has 226 valence electrons. The van der Waals surface area contributed by atoms with E-state index < -0.39 is 0 Å². The molecule has 0 unspecified atom stereocenters.